The van der Waals surface area contributed by atoms with Crippen LogP contribution in [0.5, 0.6) is 0 Å². The first kappa shape index (κ1) is 14.5. The van der Waals surface area contributed by atoms with Gasteiger partial charge in [-0.05, 0) is 50.1 Å². The van der Waals surface area contributed by atoms with Crippen molar-refractivity contribution in [2.24, 2.45) is 11.3 Å². The monoisotopic (exact) mass is 241 g/mol. The van der Waals surface area contributed by atoms with Crippen molar-refractivity contribution in [1.82, 2.24) is 4.90 Å². The summed E-state index contributed by atoms with van der Waals surface area (Å²) in [5.41, 5.74) is 0.397. The summed E-state index contributed by atoms with van der Waals surface area (Å²) in [5, 5.41) is 8.71. The van der Waals surface area contributed by atoms with Crippen LogP contribution in [0.25, 0.3) is 0 Å². The van der Waals surface area contributed by atoms with Gasteiger partial charge < -0.3 is 10.0 Å². The molecular weight excluding hydrogens is 214 g/mol. The second kappa shape index (κ2) is 6.39. The van der Waals surface area contributed by atoms with Gasteiger partial charge in [-0.2, -0.15) is 0 Å². The van der Waals surface area contributed by atoms with E-state index in [-0.39, 0.29) is 0 Å². The minimum absolute atomic E-state index is 0.331. The largest absolute Gasteiger partial charge is 0.481 e. The molecule has 0 aromatic carbocycles. The van der Waals surface area contributed by atoms with Crippen molar-refractivity contribution in [2.75, 3.05) is 19.6 Å². The summed E-state index contributed by atoms with van der Waals surface area (Å²) < 4.78 is 0. The van der Waals surface area contributed by atoms with Crippen molar-refractivity contribution < 1.29 is 9.90 Å². The van der Waals surface area contributed by atoms with Crippen LogP contribution >= 0.6 is 0 Å². The summed E-state index contributed by atoms with van der Waals surface area (Å²) in [7, 11) is 0. The van der Waals surface area contributed by atoms with Gasteiger partial charge in [0.2, 0.25) is 0 Å². The number of piperidine rings is 1. The zero-order valence-electron chi connectivity index (χ0n) is 11.5. The molecule has 1 unspecified atom stereocenters. The summed E-state index contributed by atoms with van der Waals surface area (Å²) in [6.45, 7) is 10.3. The lowest BCUT2D eigenvalue weighted by atomic mass is 9.90. The van der Waals surface area contributed by atoms with E-state index in [0.717, 1.165) is 19.5 Å². The number of carboxylic acid groups (broad SMARTS) is 1. The number of aliphatic carboxylic acids is 1. The fourth-order valence-corrected chi connectivity index (χ4v) is 2.41. The molecule has 100 valence electrons. The topological polar surface area (TPSA) is 40.5 Å². The fourth-order valence-electron chi connectivity index (χ4n) is 2.41. The Balaban J connectivity index is 2.26. The van der Waals surface area contributed by atoms with Gasteiger partial charge in [0.15, 0.2) is 0 Å². The van der Waals surface area contributed by atoms with Crippen LogP contribution in [0.15, 0.2) is 0 Å². The predicted molar refractivity (Wildman–Crippen MR) is 70.1 cm³/mol. The predicted octanol–water partition coefficient (Wildman–Crippen LogP) is 3.00. The van der Waals surface area contributed by atoms with E-state index in [0.29, 0.717) is 17.8 Å². The molecule has 1 rings (SSSR count). The highest BCUT2D eigenvalue weighted by Gasteiger charge is 2.21. The van der Waals surface area contributed by atoms with Crippen molar-refractivity contribution in [3.63, 3.8) is 0 Å². The van der Waals surface area contributed by atoms with Crippen LogP contribution in [0, 0.1) is 11.3 Å². The third-order valence-electron chi connectivity index (χ3n) is 3.55. The van der Waals surface area contributed by atoms with E-state index in [9.17, 15) is 4.79 Å². The second-order valence-corrected chi connectivity index (χ2v) is 6.55. The van der Waals surface area contributed by atoms with E-state index in [1.807, 2.05) is 0 Å². The standard InChI is InChI=1S/C14H27NO2/c1-14(2,3)8-10-15-9-4-5-12(11-15)6-7-13(16)17/h12H,4-11H2,1-3H3,(H,16,17). The quantitative estimate of drug-likeness (QED) is 0.804. The van der Waals surface area contributed by atoms with Crippen LogP contribution in [0.2, 0.25) is 0 Å². The van der Waals surface area contributed by atoms with E-state index < -0.39 is 5.97 Å². The molecule has 1 atom stereocenters. The molecule has 1 N–H and O–H groups in total. The Labute approximate surface area is 105 Å². The number of hydrogen-bond acceptors (Lipinski definition) is 2. The van der Waals surface area contributed by atoms with Gasteiger partial charge in [-0.3, -0.25) is 4.79 Å². The molecule has 0 bridgehead atoms. The number of carboxylic acids is 1. The molecule has 0 aromatic heterocycles. The van der Waals surface area contributed by atoms with E-state index in [1.165, 1.54) is 25.8 Å². The van der Waals surface area contributed by atoms with Crippen molar-refractivity contribution in [3.8, 4) is 0 Å². The summed E-state index contributed by atoms with van der Waals surface area (Å²) in [6.07, 6.45) is 4.84. The molecular formula is C14H27NO2. The summed E-state index contributed by atoms with van der Waals surface area (Å²) >= 11 is 0. The molecule has 3 heteroatoms. The average molecular weight is 241 g/mol. The number of carbonyl (C=O) groups is 1. The number of likely N-dealkylation sites (tertiary alicyclic amines) is 1. The first-order valence-electron chi connectivity index (χ1n) is 6.81. The third-order valence-corrected chi connectivity index (χ3v) is 3.55. The molecule has 0 aliphatic carbocycles. The summed E-state index contributed by atoms with van der Waals surface area (Å²) in [4.78, 5) is 13.1. The van der Waals surface area contributed by atoms with Crippen LogP contribution in [0.3, 0.4) is 0 Å². The second-order valence-electron chi connectivity index (χ2n) is 6.55. The SMILES string of the molecule is CC(C)(C)CCN1CCCC(CCC(=O)O)C1. The Bertz CT molecular complexity index is 245. The van der Waals surface area contributed by atoms with Crippen molar-refractivity contribution in [1.29, 1.82) is 0 Å². The van der Waals surface area contributed by atoms with Gasteiger partial charge >= 0.3 is 5.97 Å². The van der Waals surface area contributed by atoms with E-state index in [2.05, 4.69) is 25.7 Å². The maximum Gasteiger partial charge on any atom is 0.303 e. The highest BCUT2D eigenvalue weighted by molar-refractivity contribution is 5.66. The van der Waals surface area contributed by atoms with E-state index in [4.69, 9.17) is 5.11 Å². The summed E-state index contributed by atoms with van der Waals surface area (Å²) in [5.74, 6) is -0.0587. The zero-order chi connectivity index (χ0) is 12.9. The minimum atomic E-state index is -0.656. The number of nitrogens with zero attached hydrogens (tertiary/aromatic N) is 1. The Kier molecular flexibility index (Phi) is 5.44. The maximum atomic E-state index is 10.6. The molecule has 17 heavy (non-hydrogen) atoms. The molecule has 0 aromatic rings. The Morgan fingerprint density at radius 1 is 1.41 bits per heavy atom. The van der Waals surface area contributed by atoms with E-state index in [1.54, 1.807) is 0 Å². The van der Waals surface area contributed by atoms with Gasteiger partial charge in [0, 0.05) is 13.0 Å². The van der Waals surface area contributed by atoms with Gasteiger partial charge in [-0.1, -0.05) is 20.8 Å². The van der Waals surface area contributed by atoms with Gasteiger partial charge in [-0.25, -0.2) is 0 Å². The highest BCUT2D eigenvalue weighted by atomic mass is 16.4. The summed E-state index contributed by atoms with van der Waals surface area (Å²) in [6, 6.07) is 0. The molecule has 1 aliphatic heterocycles. The molecule has 1 fully saturated rings. The lowest BCUT2D eigenvalue weighted by Gasteiger charge is -2.34. The molecule has 0 spiro atoms. The van der Waals surface area contributed by atoms with E-state index >= 15 is 0 Å². The van der Waals surface area contributed by atoms with Crippen molar-refractivity contribution in [2.45, 2.75) is 52.9 Å². The smallest absolute Gasteiger partial charge is 0.303 e. The molecule has 1 aliphatic rings. The normalized spacial score (nSPS) is 22.6. The molecule has 0 saturated carbocycles. The van der Waals surface area contributed by atoms with Crippen LogP contribution in [-0.4, -0.2) is 35.6 Å². The highest BCUT2D eigenvalue weighted by Crippen LogP contribution is 2.24. The molecule has 0 radical (unpaired) electrons. The van der Waals surface area contributed by atoms with Crippen LogP contribution in [0.1, 0.15) is 52.9 Å². The maximum absolute atomic E-state index is 10.6. The van der Waals surface area contributed by atoms with Crippen LogP contribution < -0.4 is 0 Å². The van der Waals surface area contributed by atoms with Gasteiger partial charge in [-0.15, -0.1) is 0 Å². The Hall–Kier alpha value is -0.570. The zero-order valence-corrected chi connectivity index (χ0v) is 11.5. The van der Waals surface area contributed by atoms with Gasteiger partial charge in [0.05, 0.1) is 0 Å². The Morgan fingerprint density at radius 3 is 2.71 bits per heavy atom. The lowest BCUT2D eigenvalue weighted by molar-refractivity contribution is -0.137. The van der Waals surface area contributed by atoms with Gasteiger partial charge in [0.1, 0.15) is 0 Å². The first-order valence-corrected chi connectivity index (χ1v) is 6.81. The third kappa shape index (κ3) is 6.67. The number of rotatable bonds is 5. The Morgan fingerprint density at radius 2 is 2.12 bits per heavy atom. The first-order chi connectivity index (χ1) is 7.87. The van der Waals surface area contributed by atoms with Gasteiger partial charge in [0.25, 0.3) is 0 Å². The fraction of sp³-hybridized carbons (Fsp3) is 0.929. The van der Waals surface area contributed by atoms with Crippen LogP contribution in [0.4, 0.5) is 0 Å². The molecule has 1 saturated heterocycles. The average Bonchev–Trinajstić information content (AvgIpc) is 2.23. The van der Waals surface area contributed by atoms with Crippen LogP contribution in [-0.2, 0) is 4.79 Å². The van der Waals surface area contributed by atoms with Crippen molar-refractivity contribution in [3.05, 3.63) is 0 Å². The molecule has 3 nitrogen and oxygen atoms in total. The molecule has 1 heterocycles. The number of hydrogen-bond donors (Lipinski definition) is 1. The minimum Gasteiger partial charge on any atom is -0.481 e. The molecule has 0 amide bonds. The van der Waals surface area contributed by atoms with Crippen molar-refractivity contribution >= 4 is 5.97 Å². The lowest BCUT2D eigenvalue weighted by Crippen LogP contribution is -2.37.